The predicted octanol–water partition coefficient (Wildman–Crippen LogP) is 2.14. The zero-order valence-corrected chi connectivity index (χ0v) is 12.1. The Hall–Kier alpha value is -0.330. The van der Waals surface area contributed by atoms with Crippen molar-refractivity contribution in [3.05, 3.63) is 28.2 Å². The topological polar surface area (TPSA) is 57.6 Å². The standard InChI is InChI=1S/C11H13Cl2NO3S/c1-11(15)4-5-14(7-11)18(16,17)8-2-3-9(12)10(13)6-8/h2-3,6,15H,4-5,7H2,1H3. The van der Waals surface area contributed by atoms with E-state index in [4.69, 9.17) is 23.2 Å². The molecule has 0 saturated carbocycles. The van der Waals surface area contributed by atoms with Gasteiger partial charge >= 0.3 is 0 Å². The molecule has 2 rings (SSSR count). The zero-order chi connectivity index (χ0) is 13.6. The van der Waals surface area contributed by atoms with E-state index in [2.05, 4.69) is 0 Å². The average molecular weight is 310 g/mol. The van der Waals surface area contributed by atoms with E-state index in [0.29, 0.717) is 18.0 Å². The van der Waals surface area contributed by atoms with Crippen molar-refractivity contribution in [3.8, 4) is 0 Å². The van der Waals surface area contributed by atoms with Crippen molar-refractivity contribution < 1.29 is 13.5 Å². The van der Waals surface area contributed by atoms with Crippen molar-refractivity contribution >= 4 is 33.2 Å². The van der Waals surface area contributed by atoms with Crippen LogP contribution in [0.15, 0.2) is 23.1 Å². The van der Waals surface area contributed by atoms with E-state index in [-0.39, 0.29) is 16.5 Å². The number of nitrogens with zero attached hydrogens (tertiary/aromatic N) is 1. The van der Waals surface area contributed by atoms with Crippen LogP contribution in [-0.2, 0) is 10.0 Å². The lowest BCUT2D eigenvalue weighted by molar-refractivity contribution is 0.0762. The molecule has 0 aliphatic carbocycles. The van der Waals surface area contributed by atoms with Crippen LogP contribution in [0, 0.1) is 0 Å². The molecular weight excluding hydrogens is 297 g/mol. The monoisotopic (exact) mass is 309 g/mol. The summed E-state index contributed by atoms with van der Waals surface area (Å²) in [6, 6.07) is 4.19. The fraction of sp³-hybridized carbons (Fsp3) is 0.455. The lowest BCUT2D eigenvalue weighted by Crippen LogP contribution is -2.33. The van der Waals surface area contributed by atoms with Gasteiger partial charge in [0.25, 0.3) is 0 Å². The summed E-state index contributed by atoms with van der Waals surface area (Å²) >= 11 is 11.6. The molecule has 1 saturated heterocycles. The highest BCUT2D eigenvalue weighted by Crippen LogP contribution is 2.30. The van der Waals surface area contributed by atoms with Crippen LogP contribution in [0.3, 0.4) is 0 Å². The van der Waals surface area contributed by atoms with Crippen molar-refractivity contribution in [2.75, 3.05) is 13.1 Å². The van der Waals surface area contributed by atoms with Crippen molar-refractivity contribution in [1.82, 2.24) is 4.31 Å². The molecule has 1 N–H and O–H groups in total. The highest BCUT2D eigenvalue weighted by atomic mass is 35.5. The van der Waals surface area contributed by atoms with Gasteiger partial charge in [-0.05, 0) is 31.5 Å². The maximum Gasteiger partial charge on any atom is 0.243 e. The molecule has 0 radical (unpaired) electrons. The van der Waals surface area contributed by atoms with E-state index in [0.717, 1.165) is 0 Å². The molecule has 4 nitrogen and oxygen atoms in total. The second-order valence-electron chi connectivity index (χ2n) is 4.66. The van der Waals surface area contributed by atoms with Gasteiger partial charge in [0.15, 0.2) is 0 Å². The van der Waals surface area contributed by atoms with Crippen molar-refractivity contribution in [3.63, 3.8) is 0 Å². The molecule has 1 heterocycles. The third kappa shape index (κ3) is 2.65. The Labute approximate surface area is 116 Å². The summed E-state index contributed by atoms with van der Waals surface area (Å²) in [5.74, 6) is 0. The van der Waals surface area contributed by atoms with Crippen LogP contribution in [-0.4, -0.2) is 36.5 Å². The Bertz CT molecular complexity index is 572. The van der Waals surface area contributed by atoms with Crippen LogP contribution in [0.2, 0.25) is 10.0 Å². The minimum absolute atomic E-state index is 0.0922. The molecule has 0 bridgehead atoms. The first kappa shape index (κ1) is 14.1. The maximum atomic E-state index is 12.3. The zero-order valence-electron chi connectivity index (χ0n) is 9.73. The molecule has 0 spiro atoms. The van der Waals surface area contributed by atoms with E-state index in [1.165, 1.54) is 22.5 Å². The number of sulfonamides is 1. The van der Waals surface area contributed by atoms with Crippen LogP contribution in [0.4, 0.5) is 0 Å². The van der Waals surface area contributed by atoms with Gasteiger partial charge in [0.1, 0.15) is 0 Å². The van der Waals surface area contributed by atoms with Gasteiger partial charge in [0.05, 0.1) is 20.5 Å². The summed E-state index contributed by atoms with van der Waals surface area (Å²) < 4.78 is 25.9. The predicted molar refractivity (Wildman–Crippen MR) is 70.5 cm³/mol. The van der Waals surface area contributed by atoms with Gasteiger partial charge in [-0.3, -0.25) is 0 Å². The number of aliphatic hydroxyl groups is 1. The molecule has 1 aliphatic heterocycles. The molecule has 1 aromatic carbocycles. The lowest BCUT2D eigenvalue weighted by Gasteiger charge is -2.19. The van der Waals surface area contributed by atoms with Crippen LogP contribution in [0.5, 0.6) is 0 Å². The number of hydrogen-bond donors (Lipinski definition) is 1. The summed E-state index contributed by atoms with van der Waals surface area (Å²) in [5, 5.41) is 10.3. The molecular formula is C11H13Cl2NO3S. The Morgan fingerprint density at radius 3 is 2.50 bits per heavy atom. The second kappa shape index (κ2) is 4.65. The Morgan fingerprint density at radius 1 is 1.33 bits per heavy atom. The molecule has 1 fully saturated rings. The highest BCUT2D eigenvalue weighted by Gasteiger charge is 2.38. The average Bonchev–Trinajstić information content (AvgIpc) is 2.63. The molecule has 0 aromatic heterocycles. The van der Waals surface area contributed by atoms with E-state index < -0.39 is 15.6 Å². The summed E-state index contributed by atoms with van der Waals surface area (Å²) in [5.41, 5.74) is -0.969. The van der Waals surface area contributed by atoms with Gasteiger partial charge in [-0.25, -0.2) is 8.42 Å². The summed E-state index contributed by atoms with van der Waals surface area (Å²) in [6.45, 7) is 2.02. The number of benzene rings is 1. The molecule has 1 atom stereocenters. The summed E-state index contributed by atoms with van der Waals surface area (Å²) in [4.78, 5) is 0.0922. The molecule has 100 valence electrons. The fourth-order valence-electron chi connectivity index (χ4n) is 1.90. The van der Waals surface area contributed by atoms with Crippen molar-refractivity contribution in [2.45, 2.75) is 23.8 Å². The molecule has 1 aliphatic rings. The van der Waals surface area contributed by atoms with Gasteiger partial charge < -0.3 is 5.11 Å². The number of halogens is 2. The first-order chi connectivity index (χ1) is 8.22. The van der Waals surface area contributed by atoms with Gasteiger partial charge in [-0.1, -0.05) is 23.2 Å². The van der Waals surface area contributed by atoms with Gasteiger partial charge in [-0.2, -0.15) is 4.31 Å². The highest BCUT2D eigenvalue weighted by molar-refractivity contribution is 7.89. The molecule has 7 heteroatoms. The summed E-state index contributed by atoms with van der Waals surface area (Å²) in [7, 11) is -3.62. The Kier molecular flexibility index (Phi) is 3.64. The van der Waals surface area contributed by atoms with Crippen LogP contribution >= 0.6 is 23.2 Å². The number of rotatable bonds is 2. The third-order valence-corrected chi connectivity index (χ3v) is 5.53. The molecule has 0 amide bonds. The summed E-state index contributed by atoms with van der Waals surface area (Å²) in [6.07, 6.45) is 0.424. The first-order valence-electron chi connectivity index (χ1n) is 5.40. The third-order valence-electron chi connectivity index (χ3n) is 2.95. The first-order valence-corrected chi connectivity index (χ1v) is 7.60. The van der Waals surface area contributed by atoms with Gasteiger partial charge in [0, 0.05) is 13.1 Å². The smallest absolute Gasteiger partial charge is 0.243 e. The largest absolute Gasteiger partial charge is 0.389 e. The van der Waals surface area contributed by atoms with E-state index >= 15 is 0 Å². The van der Waals surface area contributed by atoms with Gasteiger partial charge in [0.2, 0.25) is 10.0 Å². The van der Waals surface area contributed by atoms with E-state index in [1.54, 1.807) is 6.92 Å². The minimum Gasteiger partial charge on any atom is -0.389 e. The normalized spacial score (nSPS) is 25.6. The van der Waals surface area contributed by atoms with Crippen molar-refractivity contribution in [1.29, 1.82) is 0 Å². The Balaban J connectivity index is 2.34. The maximum absolute atomic E-state index is 12.3. The van der Waals surface area contributed by atoms with Crippen molar-refractivity contribution in [2.24, 2.45) is 0 Å². The molecule has 1 unspecified atom stereocenters. The minimum atomic E-state index is -3.62. The second-order valence-corrected chi connectivity index (χ2v) is 7.41. The fourth-order valence-corrected chi connectivity index (χ4v) is 3.84. The SMILES string of the molecule is CC1(O)CCN(S(=O)(=O)c2ccc(Cl)c(Cl)c2)C1. The van der Waals surface area contributed by atoms with Crippen LogP contribution in [0.1, 0.15) is 13.3 Å². The van der Waals surface area contributed by atoms with Crippen LogP contribution < -0.4 is 0 Å². The lowest BCUT2D eigenvalue weighted by atomic mass is 10.1. The van der Waals surface area contributed by atoms with Gasteiger partial charge in [-0.15, -0.1) is 0 Å². The van der Waals surface area contributed by atoms with E-state index in [9.17, 15) is 13.5 Å². The van der Waals surface area contributed by atoms with E-state index in [1.807, 2.05) is 0 Å². The number of β-amino-alcohol motifs (C(OH)–C–C–N with tert-alkyl or cyclic N) is 1. The number of hydrogen-bond acceptors (Lipinski definition) is 3. The quantitative estimate of drug-likeness (QED) is 0.910. The Morgan fingerprint density at radius 2 is 2.00 bits per heavy atom. The molecule has 1 aromatic rings. The molecule has 18 heavy (non-hydrogen) atoms. The van der Waals surface area contributed by atoms with Crippen LogP contribution in [0.25, 0.3) is 0 Å².